The predicted octanol–water partition coefficient (Wildman–Crippen LogP) is -6.34. The number of carboxylic acid groups (broad SMARTS) is 2. The van der Waals surface area contributed by atoms with Crippen LogP contribution in [0.3, 0.4) is 0 Å². The van der Waals surface area contributed by atoms with Crippen LogP contribution in [0.15, 0.2) is 25.3 Å². The van der Waals surface area contributed by atoms with E-state index in [9.17, 15) is 24.3 Å². The molecule has 0 aliphatic carbocycles. The molecule has 0 radical (unpaired) electrons. The Morgan fingerprint density at radius 1 is 1.12 bits per heavy atom. The van der Waals surface area contributed by atoms with E-state index in [-0.39, 0.29) is 84.4 Å². The van der Waals surface area contributed by atoms with Gasteiger partial charge in [-0.05, 0) is 24.8 Å². The molecule has 6 N–H and O–H groups in total. The first-order valence-electron chi connectivity index (χ1n) is 6.30. The number of amides is 2. The van der Waals surface area contributed by atoms with Crippen LogP contribution in [-0.4, -0.2) is 34.3 Å². The Morgan fingerprint density at radius 2 is 1.42 bits per heavy atom. The van der Waals surface area contributed by atoms with Gasteiger partial charge in [-0.1, -0.05) is 34.4 Å². The Hall–Kier alpha value is -0.680. The molecule has 11 heteroatoms. The van der Waals surface area contributed by atoms with Gasteiger partial charge in [0.1, 0.15) is 0 Å². The molecular weight excluding hydrogens is 366 g/mol. The summed E-state index contributed by atoms with van der Waals surface area (Å²) in [6, 6.07) is 0. The molecule has 0 spiro atoms. The summed E-state index contributed by atoms with van der Waals surface area (Å²) in [6.07, 6.45) is 2.74. The van der Waals surface area contributed by atoms with Crippen molar-refractivity contribution in [1.82, 2.24) is 0 Å². The number of carbonyl (C=O) groups is 4. The van der Waals surface area contributed by atoms with Gasteiger partial charge in [-0.3, -0.25) is 9.59 Å². The molecule has 0 bridgehead atoms. The number of carboxylic acids is 2. The fourth-order valence-corrected chi connectivity index (χ4v) is 1.01. The number of hydrogen-bond donors (Lipinski definition) is 3. The normalized spacial score (nSPS) is 9.46. The second kappa shape index (κ2) is 29.1. The van der Waals surface area contributed by atoms with E-state index >= 15 is 0 Å². The van der Waals surface area contributed by atoms with E-state index in [0.29, 0.717) is 6.42 Å². The molecule has 9 nitrogen and oxygen atoms in total. The minimum atomic E-state index is -1.13. The van der Waals surface area contributed by atoms with Crippen molar-refractivity contribution in [2.24, 2.45) is 23.3 Å². The number of nitrogens with two attached hydrogens (primary N) is 2. The van der Waals surface area contributed by atoms with Gasteiger partial charge in [0, 0.05) is 18.0 Å². The van der Waals surface area contributed by atoms with Gasteiger partial charge in [0.05, 0.1) is 0 Å². The molecule has 0 aliphatic heterocycles. The average Bonchev–Trinajstić information content (AvgIpc) is 2.44. The first-order chi connectivity index (χ1) is 10.0. The van der Waals surface area contributed by atoms with Crippen molar-refractivity contribution < 1.29 is 94.0 Å². The SMILES string of the molecule is C.C=CC(=O)O.C=CC(N)=O.CCC(CC(C)C(=O)[O-])C(N)=O.[Na+].[Na+].[OH-]. The van der Waals surface area contributed by atoms with Crippen LogP contribution in [0.1, 0.15) is 34.1 Å². The molecule has 2 amide bonds. The molecule has 26 heavy (non-hydrogen) atoms. The van der Waals surface area contributed by atoms with Crippen molar-refractivity contribution >= 4 is 23.8 Å². The van der Waals surface area contributed by atoms with Crippen LogP contribution in [0, 0.1) is 11.8 Å². The molecule has 0 aromatic heterocycles. The molecule has 0 saturated carbocycles. The summed E-state index contributed by atoms with van der Waals surface area (Å²) in [5.41, 5.74) is 9.58. The molecule has 0 aromatic carbocycles. The Balaban J connectivity index is -0.0000000443. The van der Waals surface area contributed by atoms with Gasteiger partial charge in [-0.15, -0.1) is 0 Å². The summed E-state index contributed by atoms with van der Waals surface area (Å²) >= 11 is 0. The summed E-state index contributed by atoms with van der Waals surface area (Å²) in [7, 11) is 0. The van der Waals surface area contributed by atoms with Gasteiger partial charge in [0.2, 0.25) is 11.8 Å². The maximum atomic E-state index is 10.7. The summed E-state index contributed by atoms with van der Waals surface area (Å²) in [5, 5.41) is 17.9. The molecule has 0 aromatic rings. The zero-order valence-corrected chi connectivity index (χ0v) is 19.2. The van der Waals surface area contributed by atoms with Crippen LogP contribution in [0.25, 0.3) is 0 Å². The summed E-state index contributed by atoms with van der Waals surface area (Å²) in [5.74, 6) is -3.99. The zero-order valence-electron chi connectivity index (χ0n) is 15.2. The minimum Gasteiger partial charge on any atom is -0.870 e. The van der Waals surface area contributed by atoms with Crippen LogP contribution in [0.2, 0.25) is 0 Å². The number of carbonyl (C=O) groups excluding carboxylic acids is 3. The van der Waals surface area contributed by atoms with Crippen molar-refractivity contribution in [3.63, 3.8) is 0 Å². The summed E-state index contributed by atoms with van der Waals surface area (Å²) < 4.78 is 0. The quantitative estimate of drug-likeness (QED) is 0.282. The molecule has 0 heterocycles. The molecule has 2 unspecified atom stereocenters. The second-order valence-corrected chi connectivity index (χ2v) is 4.11. The van der Waals surface area contributed by atoms with Gasteiger partial charge in [0.25, 0.3) is 0 Å². The van der Waals surface area contributed by atoms with Gasteiger partial charge >= 0.3 is 65.1 Å². The molecule has 0 saturated heterocycles. The topological polar surface area (TPSA) is 194 Å². The third kappa shape index (κ3) is 38.7. The zero-order chi connectivity index (χ0) is 18.3. The molecule has 142 valence electrons. The van der Waals surface area contributed by atoms with E-state index in [1.165, 1.54) is 6.92 Å². The Labute approximate surface area is 199 Å². The van der Waals surface area contributed by atoms with Crippen LogP contribution < -0.4 is 75.7 Å². The van der Waals surface area contributed by atoms with Crippen molar-refractivity contribution in [3.8, 4) is 0 Å². The predicted molar refractivity (Wildman–Crippen MR) is 87.7 cm³/mol. The molecule has 0 rings (SSSR count). The van der Waals surface area contributed by atoms with Gasteiger partial charge in [0.15, 0.2) is 0 Å². The molecule has 0 fully saturated rings. The van der Waals surface area contributed by atoms with E-state index in [2.05, 4.69) is 18.9 Å². The maximum absolute atomic E-state index is 10.7. The number of hydrogen-bond acceptors (Lipinski definition) is 6. The summed E-state index contributed by atoms with van der Waals surface area (Å²) in [4.78, 5) is 39.7. The van der Waals surface area contributed by atoms with E-state index in [1.807, 2.05) is 0 Å². The number of primary amides is 2. The van der Waals surface area contributed by atoms with Crippen molar-refractivity contribution in [1.29, 1.82) is 0 Å². The largest absolute Gasteiger partial charge is 1.00 e. The van der Waals surface area contributed by atoms with Gasteiger partial charge in [-0.2, -0.15) is 0 Å². The standard InChI is InChI=1S/C8H15NO3.C3H5NO.C3H4O2.CH4.2Na.H2O/c1-3-6(7(9)10)4-5(2)8(11)12;2*1-2-3(4)5;;;;/h5-6H,3-4H2,1-2H3,(H2,9,10)(H,11,12);2H,1H2,(H2,4,5);2H,1H2,(H,4,5);1H4;;;1H2/q;;;;2*+1;/p-2. The third-order valence-corrected chi connectivity index (χ3v) is 2.31. The minimum absolute atomic E-state index is 0. The van der Waals surface area contributed by atoms with Gasteiger partial charge in [-0.25, -0.2) is 4.79 Å². The van der Waals surface area contributed by atoms with Crippen LogP contribution >= 0.6 is 0 Å². The number of aliphatic carboxylic acids is 2. The summed E-state index contributed by atoms with van der Waals surface area (Å²) in [6.45, 7) is 9.36. The second-order valence-electron chi connectivity index (χ2n) is 4.11. The maximum Gasteiger partial charge on any atom is 1.00 e. The monoisotopic (exact) mass is 394 g/mol. The Morgan fingerprint density at radius 3 is 1.54 bits per heavy atom. The van der Waals surface area contributed by atoms with Crippen LogP contribution in [0.4, 0.5) is 0 Å². The van der Waals surface area contributed by atoms with Crippen molar-refractivity contribution in [2.75, 3.05) is 0 Å². The smallest absolute Gasteiger partial charge is 0.870 e. The first kappa shape index (κ1) is 44.6. The molecular formula is C15H28N2Na2O7. The van der Waals surface area contributed by atoms with E-state index in [4.69, 9.17) is 10.8 Å². The molecule has 2 atom stereocenters. The van der Waals surface area contributed by atoms with Gasteiger partial charge < -0.3 is 32.0 Å². The van der Waals surface area contributed by atoms with Crippen molar-refractivity contribution in [3.05, 3.63) is 25.3 Å². The van der Waals surface area contributed by atoms with E-state index in [0.717, 1.165) is 12.2 Å². The fourth-order valence-electron chi connectivity index (χ4n) is 1.01. The Bertz CT molecular complexity index is 401. The first-order valence-corrected chi connectivity index (χ1v) is 6.30. The third-order valence-electron chi connectivity index (χ3n) is 2.31. The molecule has 0 aliphatic rings. The fraction of sp³-hybridized carbons (Fsp3) is 0.467. The number of rotatable bonds is 7. The van der Waals surface area contributed by atoms with E-state index < -0.39 is 29.7 Å². The average molecular weight is 394 g/mol. The Kier molecular flexibility index (Phi) is 49.9. The van der Waals surface area contributed by atoms with Crippen molar-refractivity contribution in [2.45, 2.75) is 34.1 Å². The van der Waals surface area contributed by atoms with Crippen LogP contribution in [0.5, 0.6) is 0 Å². The van der Waals surface area contributed by atoms with E-state index in [1.54, 1.807) is 6.92 Å². The van der Waals surface area contributed by atoms with Crippen LogP contribution in [-0.2, 0) is 19.2 Å².